The smallest absolute Gasteiger partial charge is 0.218 e. The zero-order valence-corrected chi connectivity index (χ0v) is 8.09. The van der Waals surface area contributed by atoms with Gasteiger partial charge in [-0.05, 0) is 35.0 Å². The predicted octanol–water partition coefficient (Wildman–Crippen LogP) is 2.29. The molecule has 1 aromatic carbocycles. The first-order valence-electron chi connectivity index (χ1n) is 3.64. The molecule has 2 rings (SSSR count). The SMILES string of the molecule is Cc1ccc2c(c1)C(=O)C(Br)O2. The average Bonchev–Trinajstić information content (AvgIpc) is 2.31. The highest BCUT2D eigenvalue weighted by Gasteiger charge is 2.29. The molecule has 0 fully saturated rings. The van der Waals surface area contributed by atoms with Crippen LogP contribution in [0, 0.1) is 6.92 Å². The Kier molecular flexibility index (Phi) is 1.68. The van der Waals surface area contributed by atoms with E-state index in [1.54, 1.807) is 0 Å². The maximum atomic E-state index is 11.4. The molecule has 3 heteroatoms. The summed E-state index contributed by atoms with van der Waals surface area (Å²) in [4.78, 5) is 11.4. The fourth-order valence-electron chi connectivity index (χ4n) is 1.23. The molecule has 62 valence electrons. The minimum atomic E-state index is -0.491. The lowest BCUT2D eigenvalue weighted by molar-refractivity contribution is 0.0942. The maximum absolute atomic E-state index is 11.4. The fraction of sp³-hybridized carbons (Fsp3) is 0.222. The monoisotopic (exact) mass is 226 g/mol. The largest absolute Gasteiger partial charge is 0.470 e. The number of benzene rings is 1. The van der Waals surface area contributed by atoms with E-state index in [0.29, 0.717) is 11.3 Å². The zero-order chi connectivity index (χ0) is 8.72. The molecule has 0 bridgehead atoms. The average molecular weight is 227 g/mol. The molecule has 0 saturated heterocycles. The number of ketones is 1. The van der Waals surface area contributed by atoms with E-state index in [4.69, 9.17) is 4.74 Å². The van der Waals surface area contributed by atoms with Crippen molar-refractivity contribution in [2.75, 3.05) is 0 Å². The van der Waals surface area contributed by atoms with Crippen LogP contribution in [-0.2, 0) is 0 Å². The van der Waals surface area contributed by atoms with Crippen molar-refractivity contribution >= 4 is 21.7 Å². The van der Waals surface area contributed by atoms with Crippen LogP contribution in [0.3, 0.4) is 0 Å². The van der Waals surface area contributed by atoms with Gasteiger partial charge in [-0.15, -0.1) is 0 Å². The van der Waals surface area contributed by atoms with Crippen molar-refractivity contribution in [3.8, 4) is 5.75 Å². The molecule has 1 heterocycles. The van der Waals surface area contributed by atoms with Gasteiger partial charge in [-0.2, -0.15) is 0 Å². The van der Waals surface area contributed by atoms with Crippen molar-refractivity contribution in [2.45, 2.75) is 11.9 Å². The molecule has 1 atom stereocenters. The minimum Gasteiger partial charge on any atom is -0.470 e. The Balaban J connectivity index is 2.56. The predicted molar refractivity (Wildman–Crippen MR) is 48.9 cm³/mol. The van der Waals surface area contributed by atoms with E-state index in [9.17, 15) is 4.79 Å². The van der Waals surface area contributed by atoms with Gasteiger partial charge in [0.25, 0.3) is 0 Å². The highest BCUT2D eigenvalue weighted by Crippen LogP contribution is 2.31. The van der Waals surface area contributed by atoms with Gasteiger partial charge in [-0.1, -0.05) is 11.6 Å². The summed E-state index contributed by atoms with van der Waals surface area (Å²) < 4.78 is 5.24. The van der Waals surface area contributed by atoms with E-state index in [2.05, 4.69) is 15.9 Å². The molecular weight excluding hydrogens is 220 g/mol. The van der Waals surface area contributed by atoms with Gasteiger partial charge in [0.15, 0.2) is 0 Å². The standard InChI is InChI=1S/C9H7BrO2/c1-5-2-3-7-6(4-5)8(11)9(10)12-7/h2-4,9H,1H3. The quantitative estimate of drug-likeness (QED) is 0.635. The van der Waals surface area contributed by atoms with Gasteiger partial charge in [-0.25, -0.2) is 0 Å². The fourth-order valence-corrected chi connectivity index (χ4v) is 1.67. The van der Waals surface area contributed by atoms with Crippen LogP contribution in [-0.4, -0.2) is 10.8 Å². The number of carbonyl (C=O) groups is 1. The van der Waals surface area contributed by atoms with Crippen LogP contribution < -0.4 is 4.74 Å². The lowest BCUT2D eigenvalue weighted by atomic mass is 10.1. The van der Waals surface area contributed by atoms with E-state index in [1.807, 2.05) is 25.1 Å². The number of alkyl halides is 1. The van der Waals surface area contributed by atoms with Gasteiger partial charge in [0.2, 0.25) is 10.8 Å². The van der Waals surface area contributed by atoms with Crippen LogP contribution in [0.25, 0.3) is 0 Å². The number of aryl methyl sites for hydroxylation is 1. The van der Waals surface area contributed by atoms with E-state index in [-0.39, 0.29) is 5.78 Å². The van der Waals surface area contributed by atoms with Crippen molar-refractivity contribution in [1.29, 1.82) is 0 Å². The number of halogens is 1. The summed E-state index contributed by atoms with van der Waals surface area (Å²) in [6, 6.07) is 5.60. The Hall–Kier alpha value is -0.830. The Labute approximate surface area is 78.7 Å². The lowest BCUT2D eigenvalue weighted by Gasteiger charge is -1.98. The van der Waals surface area contributed by atoms with Crippen LogP contribution in [0.5, 0.6) is 5.75 Å². The van der Waals surface area contributed by atoms with Crippen LogP contribution >= 0.6 is 15.9 Å². The van der Waals surface area contributed by atoms with Crippen molar-refractivity contribution in [1.82, 2.24) is 0 Å². The Morgan fingerprint density at radius 2 is 2.25 bits per heavy atom. The molecule has 0 aromatic heterocycles. The van der Waals surface area contributed by atoms with Crippen molar-refractivity contribution in [2.24, 2.45) is 0 Å². The molecule has 0 radical (unpaired) electrons. The number of ether oxygens (including phenoxy) is 1. The van der Waals surface area contributed by atoms with Gasteiger partial charge in [0.05, 0.1) is 5.56 Å². The third kappa shape index (κ3) is 1.05. The van der Waals surface area contributed by atoms with Crippen LogP contribution in [0.2, 0.25) is 0 Å². The van der Waals surface area contributed by atoms with E-state index < -0.39 is 5.01 Å². The number of carbonyl (C=O) groups excluding carboxylic acids is 1. The number of Topliss-reactive ketones (excluding diaryl/α,β-unsaturated/α-hetero) is 1. The summed E-state index contributed by atoms with van der Waals surface area (Å²) in [5, 5.41) is -0.491. The summed E-state index contributed by atoms with van der Waals surface area (Å²) in [6.07, 6.45) is 0. The summed E-state index contributed by atoms with van der Waals surface area (Å²) >= 11 is 3.14. The number of rotatable bonds is 0. The van der Waals surface area contributed by atoms with Crippen LogP contribution in [0.1, 0.15) is 15.9 Å². The first-order chi connectivity index (χ1) is 5.68. The number of hydrogen-bond acceptors (Lipinski definition) is 2. The van der Waals surface area contributed by atoms with Gasteiger partial charge in [0, 0.05) is 0 Å². The summed E-state index contributed by atoms with van der Waals surface area (Å²) in [5.41, 5.74) is 1.75. The second kappa shape index (κ2) is 2.59. The molecule has 0 spiro atoms. The highest BCUT2D eigenvalue weighted by molar-refractivity contribution is 9.09. The minimum absolute atomic E-state index is 0.00806. The molecule has 0 amide bonds. The third-order valence-corrected chi connectivity index (χ3v) is 2.44. The molecule has 0 aliphatic carbocycles. The summed E-state index contributed by atoms with van der Waals surface area (Å²) in [5.74, 6) is 0.682. The second-order valence-corrected chi connectivity index (χ2v) is 3.63. The molecule has 1 aliphatic rings. The van der Waals surface area contributed by atoms with Gasteiger partial charge >= 0.3 is 0 Å². The van der Waals surface area contributed by atoms with Crippen molar-refractivity contribution in [3.05, 3.63) is 29.3 Å². The molecule has 12 heavy (non-hydrogen) atoms. The van der Waals surface area contributed by atoms with Crippen molar-refractivity contribution in [3.63, 3.8) is 0 Å². The number of hydrogen-bond donors (Lipinski definition) is 0. The van der Waals surface area contributed by atoms with Gasteiger partial charge in [-0.3, -0.25) is 4.79 Å². The van der Waals surface area contributed by atoms with Crippen molar-refractivity contribution < 1.29 is 9.53 Å². The normalized spacial score (nSPS) is 20.5. The lowest BCUT2D eigenvalue weighted by Crippen LogP contribution is -2.10. The van der Waals surface area contributed by atoms with E-state index in [1.165, 1.54) is 0 Å². The molecule has 1 aliphatic heterocycles. The van der Waals surface area contributed by atoms with Crippen LogP contribution in [0.15, 0.2) is 18.2 Å². The molecule has 0 saturated carbocycles. The maximum Gasteiger partial charge on any atom is 0.218 e. The Bertz CT molecular complexity index is 346. The third-order valence-electron chi connectivity index (χ3n) is 1.84. The molecule has 0 N–H and O–H groups in total. The second-order valence-electron chi connectivity index (χ2n) is 2.80. The van der Waals surface area contributed by atoms with E-state index >= 15 is 0 Å². The molecular formula is C9H7BrO2. The first kappa shape index (κ1) is 7.80. The topological polar surface area (TPSA) is 26.3 Å². The molecule has 1 aromatic rings. The Morgan fingerprint density at radius 3 is 3.00 bits per heavy atom. The van der Waals surface area contributed by atoms with E-state index in [0.717, 1.165) is 5.56 Å². The summed E-state index contributed by atoms with van der Waals surface area (Å²) in [7, 11) is 0. The first-order valence-corrected chi connectivity index (χ1v) is 4.55. The van der Waals surface area contributed by atoms with Crippen LogP contribution in [0.4, 0.5) is 0 Å². The van der Waals surface area contributed by atoms with Gasteiger partial charge < -0.3 is 4.74 Å². The summed E-state index contributed by atoms with van der Waals surface area (Å²) in [6.45, 7) is 1.95. The highest BCUT2D eigenvalue weighted by atomic mass is 79.9. The molecule has 2 nitrogen and oxygen atoms in total. The number of fused-ring (bicyclic) bond motifs is 1. The Morgan fingerprint density at radius 1 is 1.50 bits per heavy atom. The molecule has 1 unspecified atom stereocenters. The van der Waals surface area contributed by atoms with Gasteiger partial charge in [0.1, 0.15) is 5.75 Å². The zero-order valence-electron chi connectivity index (χ0n) is 6.50.